The van der Waals surface area contributed by atoms with Crippen LogP contribution in [0.15, 0.2) is 60.0 Å². The molecule has 28 heavy (non-hydrogen) atoms. The fourth-order valence-electron chi connectivity index (χ4n) is 3.51. The van der Waals surface area contributed by atoms with Gasteiger partial charge >= 0.3 is 6.18 Å². The van der Waals surface area contributed by atoms with Crippen LogP contribution in [-0.2, 0) is 12.6 Å². The third-order valence-electron chi connectivity index (χ3n) is 4.87. The molecule has 2 nitrogen and oxygen atoms in total. The predicted molar refractivity (Wildman–Crippen MR) is 104 cm³/mol. The van der Waals surface area contributed by atoms with E-state index in [1.165, 1.54) is 12.1 Å². The Morgan fingerprint density at radius 3 is 2.36 bits per heavy atom. The summed E-state index contributed by atoms with van der Waals surface area (Å²) in [5.74, 6) is -0.168. The lowest BCUT2D eigenvalue weighted by atomic mass is 9.92. The highest BCUT2D eigenvalue weighted by molar-refractivity contribution is 7.10. The van der Waals surface area contributed by atoms with Gasteiger partial charge in [0.1, 0.15) is 0 Å². The summed E-state index contributed by atoms with van der Waals surface area (Å²) < 4.78 is 38.8. The number of hydrogen-bond acceptors (Lipinski definition) is 2. The number of alkyl halides is 3. The molecule has 0 saturated heterocycles. The lowest BCUT2D eigenvalue weighted by Gasteiger charge is -2.36. The second kappa shape index (κ2) is 7.26. The molecule has 1 aliphatic heterocycles. The van der Waals surface area contributed by atoms with Gasteiger partial charge in [-0.3, -0.25) is 4.79 Å². The van der Waals surface area contributed by atoms with Gasteiger partial charge in [-0.1, -0.05) is 23.7 Å². The Labute approximate surface area is 169 Å². The van der Waals surface area contributed by atoms with Gasteiger partial charge in [0.2, 0.25) is 0 Å². The van der Waals surface area contributed by atoms with Gasteiger partial charge in [-0.15, -0.1) is 11.3 Å². The molecule has 0 saturated carbocycles. The Kier molecular flexibility index (Phi) is 4.93. The van der Waals surface area contributed by atoms with Crippen LogP contribution in [0.25, 0.3) is 0 Å². The second-order valence-electron chi connectivity index (χ2n) is 6.58. The van der Waals surface area contributed by atoms with Gasteiger partial charge in [-0.25, -0.2) is 0 Å². The predicted octanol–water partition coefficient (Wildman–Crippen LogP) is 6.21. The Balaban J connectivity index is 1.74. The highest BCUT2D eigenvalue weighted by Crippen LogP contribution is 2.39. The van der Waals surface area contributed by atoms with E-state index in [1.54, 1.807) is 40.5 Å². The Bertz CT molecular complexity index is 996. The lowest BCUT2D eigenvalue weighted by molar-refractivity contribution is -0.137. The first-order valence-corrected chi connectivity index (χ1v) is 9.90. The molecule has 0 N–H and O–H groups in total. The minimum atomic E-state index is -4.39. The van der Waals surface area contributed by atoms with Crippen LogP contribution in [0.2, 0.25) is 5.02 Å². The SMILES string of the molecule is O=C(c1ccc(Cl)cc1)N1CCc2sccc2C1c1ccc(C(F)(F)F)cc1. The zero-order chi connectivity index (χ0) is 19.9. The number of carbonyl (C=O) groups excluding carboxylic acids is 1. The first-order chi connectivity index (χ1) is 13.3. The molecule has 3 aromatic rings. The minimum Gasteiger partial charge on any atom is -0.327 e. The van der Waals surface area contributed by atoms with Crippen molar-refractivity contribution in [3.63, 3.8) is 0 Å². The fraction of sp³-hybridized carbons (Fsp3) is 0.190. The highest BCUT2D eigenvalue weighted by atomic mass is 35.5. The maximum atomic E-state index is 13.2. The van der Waals surface area contributed by atoms with Crippen LogP contribution in [0.3, 0.4) is 0 Å². The van der Waals surface area contributed by atoms with Crippen molar-refractivity contribution in [1.82, 2.24) is 4.90 Å². The van der Waals surface area contributed by atoms with E-state index in [-0.39, 0.29) is 5.91 Å². The van der Waals surface area contributed by atoms with Crippen LogP contribution in [-0.4, -0.2) is 17.4 Å². The van der Waals surface area contributed by atoms with Crippen LogP contribution >= 0.6 is 22.9 Å². The van der Waals surface area contributed by atoms with Crippen molar-refractivity contribution in [2.45, 2.75) is 18.6 Å². The third-order valence-corrected chi connectivity index (χ3v) is 6.12. The molecular weight excluding hydrogens is 407 g/mol. The first-order valence-electron chi connectivity index (χ1n) is 8.64. The van der Waals surface area contributed by atoms with Gasteiger partial charge in [0.15, 0.2) is 0 Å². The van der Waals surface area contributed by atoms with Crippen molar-refractivity contribution in [2.75, 3.05) is 6.54 Å². The number of nitrogens with zero attached hydrogens (tertiary/aromatic N) is 1. The number of benzene rings is 2. The zero-order valence-corrected chi connectivity index (χ0v) is 16.1. The number of carbonyl (C=O) groups is 1. The van der Waals surface area contributed by atoms with E-state index >= 15 is 0 Å². The monoisotopic (exact) mass is 421 g/mol. The van der Waals surface area contributed by atoms with Crippen LogP contribution in [0.1, 0.15) is 38.0 Å². The molecule has 4 rings (SSSR count). The zero-order valence-electron chi connectivity index (χ0n) is 14.5. The number of amides is 1. The Hall–Kier alpha value is -2.31. The molecule has 0 radical (unpaired) electrons. The van der Waals surface area contributed by atoms with E-state index in [1.807, 2.05) is 11.4 Å². The molecule has 1 aromatic heterocycles. The Morgan fingerprint density at radius 1 is 1.04 bits per heavy atom. The molecule has 0 spiro atoms. The average molecular weight is 422 g/mol. The van der Waals surface area contributed by atoms with Crippen LogP contribution in [0, 0.1) is 0 Å². The molecular formula is C21H15ClF3NOS. The van der Waals surface area contributed by atoms with Crippen molar-refractivity contribution in [2.24, 2.45) is 0 Å². The van der Waals surface area contributed by atoms with Crippen molar-refractivity contribution >= 4 is 28.8 Å². The Morgan fingerprint density at radius 2 is 1.71 bits per heavy atom. The number of hydrogen-bond donors (Lipinski definition) is 0. The second-order valence-corrected chi connectivity index (χ2v) is 8.01. The summed E-state index contributed by atoms with van der Waals surface area (Å²) in [6, 6.07) is 13.2. The number of thiophene rings is 1. The molecule has 7 heteroatoms. The van der Waals surface area contributed by atoms with Crippen molar-refractivity contribution in [3.05, 3.63) is 92.1 Å². The maximum absolute atomic E-state index is 13.2. The smallest absolute Gasteiger partial charge is 0.327 e. The number of halogens is 4. The van der Waals surface area contributed by atoms with Crippen LogP contribution in [0.4, 0.5) is 13.2 Å². The van der Waals surface area contributed by atoms with Gasteiger partial charge in [0.25, 0.3) is 5.91 Å². The summed E-state index contributed by atoms with van der Waals surface area (Å²) in [6.45, 7) is 0.501. The topological polar surface area (TPSA) is 20.3 Å². The summed E-state index contributed by atoms with van der Waals surface area (Å²) in [5.41, 5.74) is 1.43. The van der Waals surface area contributed by atoms with Gasteiger partial charge in [-0.2, -0.15) is 13.2 Å². The van der Waals surface area contributed by atoms with Crippen LogP contribution < -0.4 is 0 Å². The van der Waals surface area contributed by atoms with E-state index < -0.39 is 17.8 Å². The number of rotatable bonds is 2. The van der Waals surface area contributed by atoms with E-state index in [9.17, 15) is 18.0 Å². The summed E-state index contributed by atoms with van der Waals surface area (Å²) >= 11 is 7.52. The molecule has 1 amide bonds. The summed E-state index contributed by atoms with van der Waals surface area (Å²) in [5, 5.41) is 2.49. The van der Waals surface area contributed by atoms with E-state index in [2.05, 4.69) is 0 Å². The van der Waals surface area contributed by atoms with E-state index in [4.69, 9.17) is 11.6 Å². The first kappa shape index (κ1) is 19.0. The molecule has 2 heterocycles. The molecule has 1 atom stereocenters. The average Bonchev–Trinajstić information content (AvgIpc) is 3.15. The van der Waals surface area contributed by atoms with Gasteiger partial charge < -0.3 is 4.90 Å². The molecule has 144 valence electrons. The molecule has 0 bridgehead atoms. The number of fused-ring (bicyclic) bond motifs is 1. The van der Waals surface area contributed by atoms with Gasteiger partial charge in [0.05, 0.1) is 11.6 Å². The van der Waals surface area contributed by atoms with E-state index in [0.29, 0.717) is 22.7 Å². The lowest BCUT2D eigenvalue weighted by Crippen LogP contribution is -2.40. The largest absolute Gasteiger partial charge is 0.416 e. The molecule has 1 unspecified atom stereocenters. The third kappa shape index (κ3) is 3.54. The molecule has 0 fully saturated rings. The standard InChI is InChI=1S/C21H15ClF3NOS/c22-16-7-3-14(4-8-16)20(27)26-11-9-18-17(10-12-28-18)19(26)13-1-5-15(6-2-13)21(23,24)25/h1-8,10,12,19H,9,11H2. The minimum absolute atomic E-state index is 0.168. The normalized spacial score (nSPS) is 16.7. The highest BCUT2D eigenvalue weighted by Gasteiger charge is 2.35. The molecule has 1 aliphatic rings. The van der Waals surface area contributed by atoms with Crippen LogP contribution in [0.5, 0.6) is 0 Å². The van der Waals surface area contributed by atoms with Crippen molar-refractivity contribution < 1.29 is 18.0 Å². The summed E-state index contributed by atoms with van der Waals surface area (Å²) in [6.07, 6.45) is -3.67. The van der Waals surface area contributed by atoms with Gasteiger partial charge in [-0.05, 0) is 65.4 Å². The van der Waals surface area contributed by atoms with Crippen molar-refractivity contribution in [1.29, 1.82) is 0 Å². The summed E-state index contributed by atoms with van der Waals surface area (Å²) in [4.78, 5) is 16.0. The van der Waals surface area contributed by atoms with Gasteiger partial charge in [0, 0.05) is 22.0 Å². The fourth-order valence-corrected chi connectivity index (χ4v) is 4.54. The maximum Gasteiger partial charge on any atom is 0.416 e. The summed E-state index contributed by atoms with van der Waals surface area (Å²) in [7, 11) is 0. The molecule has 0 aliphatic carbocycles. The van der Waals surface area contributed by atoms with E-state index in [0.717, 1.165) is 29.0 Å². The quantitative estimate of drug-likeness (QED) is 0.481. The van der Waals surface area contributed by atoms with Crippen molar-refractivity contribution in [3.8, 4) is 0 Å². The molecule has 2 aromatic carbocycles.